The Kier molecular flexibility index (Phi) is 8.54. The molecule has 112 valence electrons. The first-order chi connectivity index (χ1) is 9.04. The molecule has 7 heteroatoms. The van der Waals surface area contributed by atoms with Gasteiger partial charge in [-0.2, -0.15) is 0 Å². The lowest BCUT2D eigenvalue weighted by Gasteiger charge is -2.18. The minimum Gasteiger partial charge on any atom is -0.383 e. The molecule has 2 unspecified atom stereocenters. The lowest BCUT2D eigenvalue weighted by Crippen LogP contribution is -2.52. The standard InChI is InChI=1S/C13H19N3O3.ClH/c1-19-8-10(14)13(18)16-11(12(15)17)7-9-5-3-2-4-6-9;/h2-6,10-11H,7-8,14H2,1H3,(H2,15,17)(H,16,18);1H. The van der Waals surface area contributed by atoms with Crippen LogP contribution in [0.4, 0.5) is 0 Å². The lowest BCUT2D eigenvalue weighted by atomic mass is 10.1. The predicted molar refractivity (Wildman–Crippen MR) is 78.4 cm³/mol. The van der Waals surface area contributed by atoms with Gasteiger partial charge in [-0.1, -0.05) is 30.3 Å². The van der Waals surface area contributed by atoms with Crippen LogP contribution in [0, 0.1) is 0 Å². The first kappa shape index (κ1) is 18.4. The molecular formula is C13H20ClN3O3. The van der Waals surface area contributed by atoms with Gasteiger partial charge in [-0.15, -0.1) is 12.4 Å². The largest absolute Gasteiger partial charge is 0.383 e. The molecule has 0 radical (unpaired) electrons. The number of carbonyl (C=O) groups excluding carboxylic acids is 2. The molecule has 0 saturated heterocycles. The maximum atomic E-state index is 11.7. The number of methoxy groups -OCH3 is 1. The summed E-state index contributed by atoms with van der Waals surface area (Å²) in [4.78, 5) is 23.1. The maximum Gasteiger partial charge on any atom is 0.240 e. The second kappa shape index (κ2) is 9.30. The van der Waals surface area contributed by atoms with Gasteiger partial charge in [0.2, 0.25) is 11.8 Å². The summed E-state index contributed by atoms with van der Waals surface area (Å²) in [6.45, 7) is 0.0860. The van der Waals surface area contributed by atoms with Crippen LogP contribution in [-0.4, -0.2) is 37.6 Å². The first-order valence-electron chi connectivity index (χ1n) is 5.92. The van der Waals surface area contributed by atoms with E-state index in [0.717, 1.165) is 5.56 Å². The summed E-state index contributed by atoms with van der Waals surface area (Å²) in [5, 5.41) is 2.53. The molecule has 1 aromatic rings. The molecule has 20 heavy (non-hydrogen) atoms. The zero-order valence-corrected chi connectivity index (χ0v) is 12.1. The molecule has 0 spiro atoms. The number of ether oxygens (including phenoxy) is 1. The third-order valence-corrected chi connectivity index (χ3v) is 2.63. The average Bonchev–Trinajstić information content (AvgIpc) is 2.39. The van der Waals surface area contributed by atoms with Gasteiger partial charge in [0.1, 0.15) is 12.1 Å². The second-order valence-electron chi connectivity index (χ2n) is 4.22. The van der Waals surface area contributed by atoms with E-state index >= 15 is 0 Å². The van der Waals surface area contributed by atoms with Crippen molar-refractivity contribution in [3.05, 3.63) is 35.9 Å². The molecule has 0 heterocycles. The molecule has 0 aromatic heterocycles. The van der Waals surface area contributed by atoms with Gasteiger partial charge in [-0.05, 0) is 5.56 Å². The van der Waals surface area contributed by atoms with Crippen LogP contribution in [0.5, 0.6) is 0 Å². The zero-order chi connectivity index (χ0) is 14.3. The predicted octanol–water partition coefficient (Wildman–Crippen LogP) is -0.405. The van der Waals surface area contributed by atoms with Gasteiger partial charge in [0.05, 0.1) is 6.61 Å². The number of hydrogen-bond acceptors (Lipinski definition) is 4. The van der Waals surface area contributed by atoms with Crippen LogP contribution >= 0.6 is 12.4 Å². The van der Waals surface area contributed by atoms with Gasteiger partial charge in [0.25, 0.3) is 0 Å². The normalized spacial score (nSPS) is 12.9. The Bertz CT molecular complexity index is 428. The van der Waals surface area contributed by atoms with Crippen molar-refractivity contribution in [2.75, 3.05) is 13.7 Å². The van der Waals surface area contributed by atoms with Crippen molar-refractivity contribution >= 4 is 24.2 Å². The summed E-state index contributed by atoms with van der Waals surface area (Å²) in [5.41, 5.74) is 11.8. The van der Waals surface area contributed by atoms with Gasteiger partial charge in [-0.25, -0.2) is 0 Å². The quantitative estimate of drug-likeness (QED) is 0.636. The summed E-state index contributed by atoms with van der Waals surface area (Å²) in [5.74, 6) is -1.05. The molecule has 0 aliphatic carbocycles. The topological polar surface area (TPSA) is 107 Å². The maximum absolute atomic E-state index is 11.7. The number of halogens is 1. The number of benzene rings is 1. The summed E-state index contributed by atoms with van der Waals surface area (Å²) >= 11 is 0. The van der Waals surface area contributed by atoms with Crippen LogP contribution in [0.15, 0.2) is 30.3 Å². The molecule has 0 aliphatic heterocycles. The fourth-order valence-corrected chi connectivity index (χ4v) is 1.61. The number of amides is 2. The van der Waals surface area contributed by atoms with Crippen molar-refractivity contribution in [1.29, 1.82) is 0 Å². The summed E-state index contributed by atoms with van der Waals surface area (Å²) in [6, 6.07) is 7.70. The number of hydrogen-bond donors (Lipinski definition) is 3. The summed E-state index contributed by atoms with van der Waals surface area (Å²) in [6.07, 6.45) is 0.335. The molecule has 2 atom stereocenters. The van der Waals surface area contributed by atoms with E-state index in [0.29, 0.717) is 6.42 Å². The first-order valence-corrected chi connectivity index (χ1v) is 5.92. The number of carbonyl (C=O) groups is 2. The molecule has 0 fully saturated rings. The SMILES string of the molecule is COCC(N)C(=O)NC(Cc1ccccc1)C(N)=O.Cl. The molecule has 6 nitrogen and oxygen atoms in total. The van der Waals surface area contributed by atoms with Crippen molar-refractivity contribution in [2.24, 2.45) is 11.5 Å². The van der Waals surface area contributed by atoms with Crippen molar-refractivity contribution in [3.63, 3.8) is 0 Å². The highest BCUT2D eigenvalue weighted by Gasteiger charge is 2.22. The Morgan fingerprint density at radius 1 is 1.30 bits per heavy atom. The Morgan fingerprint density at radius 3 is 2.40 bits per heavy atom. The number of rotatable bonds is 7. The van der Waals surface area contributed by atoms with Crippen molar-refractivity contribution < 1.29 is 14.3 Å². The summed E-state index contributed by atoms with van der Waals surface area (Å²) in [7, 11) is 1.45. The Morgan fingerprint density at radius 2 is 1.90 bits per heavy atom. The minimum absolute atomic E-state index is 0. The number of nitrogens with two attached hydrogens (primary N) is 2. The van der Waals surface area contributed by atoms with Crippen molar-refractivity contribution in [1.82, 2.24) is 5.32 Å². The highest BCUT2D eigenvalue weighted by atomic mass is 35.5. The van der Waals surface area contributed by atoms with E-state index in [1.165, 1.54) is 7.11 Å². The lowest BCUT2D eigenvalue weighted by molar-refractivity contribution is -0.128. The van der Waals surface area contributed by atoms with Crippen molar-refractivity contribution in [3.8, 4) is 0 Å². The third-order valence-electron chi connectivity index (χ3n) is 2.63. The number of primary amides is 1. The Labute approximate surface area is 124 Å². The van der Waals surface area contributed by atoms with Crippen LogP contribution in [0.3, 0.4) is 0 Å². The van der Waals surface area contributed by atoms with Crippen LogP contribution in [0.1, 0.15) is 5.56 Å². The third kappa shape index (κ3) is 6.01. The smallest absolute Gasteiger partial charge is 0.240 e. The Balaban J connectivity index is 0.00000361. The van der Waals surface area contributed by atoms with E-state index < -0.39 is 23.9 Å². The molecular weight excluding hydrogens is 282 g/mol. The summed E-state index contributed by atoms with van der Waals surface area (Å²) < 4.78 is 4.78. The Hall–Kier alpha value is -1.63. The van der Waals surface area contributed by atoms with E-state index in [1.54, 1.807) is 0 Å². The highest BCUT2D eigenvalue weighted by Crippen LogP contribution is 2.03. The second-order valence-corrected chi connectivity index (χ2v) is 4.22. The molecule has 2 amide bonds. The molecule has 5 N–H and O–H groups in total. The monoisotopic (exact) mass is 301 g/mol. The molecule has 1 aromatic carbocycles. The van der Waals surface area contributed by atoms with E-state index in [-0.39, 0.29) is 19.0 Å². The fourth-order valence-electron chi connectivity index (χ4n) is 1.61. The van der Waals surface area contributed by atoms with Crippen LogP contribution in [-0.2, 0) is 20.7 Å². The fraction of sp³-hybridized carbons (Fsp3) is 0.385. The van der Waals surface area contributed by atoms with Crippen molar-refractivity contribution in [2.45, 2.75) is 18.5 Å². The highest BCUT2D eigenvalue weighted by molar-refractivity contribution is 5.89. The molecule has 0 saturated carbocycles. The van der Waals surface area contributed by atoms with E-state index in [2.05, 4.69) is 5.32 Å². The van der Waals surface area contributed by atoms with Crippen LogP contribution in [0.25, 0.3) is 0 Å². The van der Waals surface area contributed by atoms with Gasteiger partial charge >= 0.3 is 0 Å². The van der Waals surface area contributed by atoms with Gasteiger partial charge in [0.15, 0.2) is 0 Å². The molecule has 0 aliphatic rings. The van der Waals surface area contributed by atoms with Crippen LogP contribution < -0.4 is 16.8 Å². The van der Waals surface area contributed by atoms with Gasteiger partial charge in [-0.3, -0.25) is 9.59 Å². The molecule has 1 rings (SSSR count). The van der Waals surface area contributed by atoms with Crippen LogP contribution in [0.2, 0.25) is 0 Å². The average molecular weight is 302 g/mol. The van der Waals surface area contributed by atoms with E-state index in [9.17, 15) is 9.59 Å². The molecule has 0 bridgehead atoms. The zero-order valence-electron chi connectivity index (χ0n) is 11.2. The minimum atomic E-state index is -0.817. The van der Waals surface area contributed by atoms with Gasteiger partial charge < -0.3 is 21.5 Å². The van der Waals surface area contributed by atoms with Gasteiger partial charge in [0, 0.05) is 13.5 Å². The van der Waals surface area contributed by atoms with E-state index in [1.807, 2.05) is 30.3 Å². The van der Waals surface area contributed by atoms with E-state index in [4.69, 9.17) is 16.2 Å². The number of nitrogens with one attached hydrogen (secondary N) is 1.